The van der Waals surface area contributed by atoms with Crippen molar-refractivity contribution in [3.63, 3.8) is 0 Å². The number of nitrogens with zero attached hydrogens (tertiary/aromatic N) is 1. The monoisotopic (exact) mass is 328 g/mol. The molecular weight excluding hydrogens is 304 g/mol. The number of hydrogen-bond donors (Lipinski definition) is 1. The lowest BCUT2D eigenvalue weighted by molar-refractivity contribution is 0.332. The number of rotatable bonds is 6. The van der Waals surface area contributed by atoms with Gasteiger partial charge in [0.05, 0.1) is 0 Å². The molecule has 0 aromatic heterocycles. The molecule has 1 heterocycles. The van der Waals surface area contributed by atoms with Crippen LogP contribution in [-0.2, 0) is 23.9 Å². The van der Waals surface area contributed by atoms with E-state index >= 15 is 0 Å². The van der Waals surface area contributed by atoms with E-state index in [2.05, 4.69) is 34.5 Å². The normalized spacial score (nSPS) is 16.4. The van der Waals surface area contributed by atoms with Crippen LogP contribution in [0.5, 0.6) is 0 Å². The predicted octanol–water partition coefficient (Wildman–Crippen LogP) is 3.63. The van der Waals surface area contributed by atoms with Crippen LogP contribution < -0.4 is 5.32 Å². The number of anilines is 1. The van der Waals surface area contributed by atoms with Crippen LogP contribution in [0, 0.1) is 0 Å². The zero-order valence-electron chi connectivity index (χ0n) is 13.6. The fourth-order valence-electron chi connectivity index (χ4n) is 3.01. The third-order valence-electron chi connectivity index (χ3n) is 4.35. The van der Waals surface area contributed by atoms with Crippen molar-refractivity contribution in [2.45, 2.75) is 30.8 Å². The van der Waals surface area contributed by atoms with Crippen LogP contribution in [0.3, 0.4) is 0 Å². The van der Waals surface area contributed by atoms with Crippen LogP contribution in [0.4, 0.5) is 5.69 Å². The van der Waals surface area contributed by atoms with Crippen molar-refractivity contribution in [2.24, 2.45) is 0 Å². The van der Waals surface area contributed by atoms with Gasteiger partial charge >= 0.3 is 0 Å². The molecule has 0 amide bonds. The molecule has 122 valence electrons. The maximum Gasteiger partial charge on any atom is 0.0498 e. The van der Waals surface area contributed by atoms with Crippen molar-refractivity contribution >= 4 is 16.5 Å². The SMILES string of the molecule is C[S@@](=O)c1ccc(CNc2ccccc2CN2CCCC2)cc1. The van der Waals surface area contributed by atoms with E-state index in [4.69, 9.17) is 0 Å². The molecule has 0 saturated carbocycles. The van der Waals surface area contributed by atoms with Gasteiger partial charge in [0.25, 0.3) is 0 Å². The number of hydrogen-bond acceptors (Lipinski definition) is 3. The van der Waals surface area contributed by atoms with E-state index in [0.29, 0.717) is 0 Å². The molecule has 1 N–H and O–H groups in total. The zero-order valence-corrected chi connectivity index (χ0v) is 14.4. The first-order chi connectivity index (χ1) is 11.2. The molecule has 1 fully saturated rings. The number of para-hydroxylation sites is 1. The fourth-order valence-corrected chi connectivity index (χ4v) is 3.53. The summed E-state index contributed by atoms with van der Waals surface area (Å²) in [5, 5.41) is 3.55. The van der Waals surface area contributed by atoms with Gasteiger partial charge in [-0.2, -0.15) is 0 Å². The van der Waals surface area contributed by atoms with E-state index < -0.39 is 10.8 Å². The highest BCUT2D eigenvalue weighted by atomic mass is 32.2. The molecule has 0 aliphatic carbocycles. The van der Waals surface area contributed by atoms with Crippen molar-refractivity contribution in [1.82, 2.24) is 4.90 Å². The van der Waals surface area contributed by atoms with Gasteiger partial charge in [0.1, 0.15) is 0 Å². The smallest absolute Gasteiger partial charge is 0.0498 e. The Kier molecular flexibility index (Phi) is 5.47. The topological polar surface area (TPSA) is 32.3 Å². The van der Waals surface area contributed by atoms with Crippen LogP contribution in [0.2, 0.25) is 0 Å². The highest BCUT2D eigenvalue weighted by molar-refractivity contribution is 7.84. The molecule has 4 heteroatoms. The number of benzene rings is 2. The Labute approximate surface area is 141 Å². The van der Waals surface area contributed by atoms with Gasteiger partial charge in [0.2, 0.25) is 0 Å². The highest BCUT2D eigenvalue weighted by Gasteiger charge is 2.13. The van der Waals surface area contributed by atoms with Gasteiger partial charge in [0, 0.05) is 40.7 Å². The Morgan fingerprint density at radius 2 is 1.74 bits per heavy atom. The second-order valence-corrected chi connectivity index (χ2v) is 7.47. The molecule has 0 bridgehead atoms. The van der Waals surface area contributed by atoms with Crippen molar-refractivity contribution in [3.05, 3.63) is 59.7 Å². The average molecular weight is 328 g/mol. The zero-order chi connectivity index (χ0) is 16.1. The number of likely N-dealkylation sites (tertiary alicyclic amines) is 1. The fraction of sp³-hybridized carbons (Fsp3) is 0.368. The summed E-state index contributed by atoms with van der Waals surface area (Å²) >= 11 is 0. The van der Waals surface area contributed by atoms with Crippen molar-refractivity contribution in [1.29, 1.82) is 0 Å². The Bertz CT molecular complexity index is 663. The molecule has 1 atom stereocenters. The minimum absolute atomic E-state index is 0.785. The second-order valence-electron chi connectivity index (χ2n) is 6.09. The summed E-state index contributed by atoms with van der Waals surface area (Å²) in [5.41, 5.74) is 3.78. The first-order valence-corrected chi connectivity index (χ1v) is 9.75. The molecule has 1 aliphatic rings. The van der Waals surface area contributed by atoms with E-state index in [9.17, 15) is 4.21 Å². The third-order valence-corrected chi connectivity index (χ3v) is 5.28. The van der Waals surface area contributed by atoms with Crippen molar-refractivity contribution in [2.75, 3.05) is 24.7 Å². The lowest BCUT2D eigenvalue weighted by atomic mass is 10.1. The first-order valence-electron chi connectivity index (χ1n) is 8.19. The molecule has 2 aromatic carbocycles. The Hall–Kier alpha value is -1.65. The largest absolute Gasteiger partial charge is 0.381 e. The van der Waals surface area contributed by atoms with Crippen molar-refractivity contribution in [3.8, 4) is 0 Å². The van der Waals surface area contributed by atoms with Crippen molar-refractivity contribution < 1.29 is 4.21 Å². The summed E-state index contributed by atoms with van der Waals surface area (Å²) in [6, 6.07) is 16.6. The van der Waals surface area contributed by atoms with Gasteiger partial charge in [-0.3, -0.25) is 9.11 Å². The van der Waals surface area contributed by atoms with Crippen LogP contribution >= 0.6 is 0 Å². The van der Waals surface area contributed by atoms with E-state index in [1.165, 1.54) is 42.7 Å². The summed E-state index contributed by atoms with van der Waals surface area (Å²) < 4.78 is 11.4. The van der Waals surface area contributed by atoms with Crippen LogP contribution in [0.15, 0.2) is 53.4 Å². The molecular formula is C19H24N2OS. The number of nitrogens with one attached hydrogen (secondary N) is 1. The molecule has 0 unspecified atom stereocenters. The standard InChI is InChI=1S/C19H24N2OS/c1-23(22)18-10-8-16(9-11-18)14-20-19-7-3-2-6-17(19)15-21-12-4-5-13-21/h2-3,6-11,20H,4-5,12-15H2,1H3/t23-/m1/s1. The lowest BCUT2D eigenvalue weighted by Crippen LogP contribution is -2.19. The molecule has 0 radical (unpaired) electrons. The van der Waals surface area contributed by atoms with Gasteiger partial charge in [-0.1, -0.05) is 30.3 Å². The molecule has 23 heavy (non-hydrogen) atoms. The second kappa shape index (κ2) is 7.75. The van der Waals surface area contributed by atoms with Gasteiger partial charge in [-0.15, -0.1) is 0 Å². The minimum Gasteiger partial charge on any atom is -0.381 e. The predicted molar refractivity (Wildman–Crippen MR) is 97.1 cm³/mol. The Balaban J connectivity index is 1.64. The van der Waals surface area contributed by atoms with E-state index in [0.717, 1.165) is 18.0 Å². The first kappa shape index (κ1) is 16.2. The van der Waals surface area contributed by atoms with Gasteiger partial charge < -0.3 is 5.32 Å². The molecule has 2 aromatic rings. The summed E-state index contributed by atoms with van der Waals surface area (Å²) in [6.45, 7) is 4.23. The van der Waals surface area contributed by atoms with E-state index in [1.54, 1.807) is 6.26 Å². The third kappa shape index (κ3) is 4.43. The minimum atomic E-state index is -0.910. The Morgan fingerprint density at radius 3 is 2.43 bits per heavy atom. The summed E-state index contributed by atoms with van der Waals surface area (Å²) in [6.07, 6.45) is 4.35. The van der Waals surface area contributed by atoms with E-state index in [-0.39, 0.29) is 0 Å². The molecule has 1 saturated heterocycles. The van der Waals surface area contributed by atoms with Gasteiger partial charge in [-0.05, 0) is 55.3 Å². The Morgan fingerprint density at radius 1 is 1.04 bits per heavy atom. The molecule has 3 rings (SSSR count). The van der Waals surface area contributed by atoms with E-state index in [1.807, 2.05) is 24.3 Å². The molecule has 1 aliphatic heterocycles. The summed E-state index contributed by atoms with van der Waals surface area (Å²) in [4.78, 5) is 3.40. The average Bonchev–Trinajstić information content (AvgIpc) is 3.07. The summed E-state index contributed by atoms with van der Waals surface area (Å²) in [7, 11) is -0.910. The lowest BCUT2D eigenvalue weighted by Gasteiger charge is -2.18. The van der Waals surface area contributed by atoms with Crippen LogP contribution in [-0.4, -0.2) is 28.5 Å². The van der Waals surface area contributed by atoms with Crippen LogP contribution in [0.25, 0.3) is 0 Å². The van der Waals surface area contributed by atoms with Crippen LogP contribution in [0.1, 0.15) is 24.0 Å². The van der Waals surface area contributed by atoms with Gasteiger partial charge in [0.15, 0.2) is 0 Å². The summed E-state index contributed by atoms with van der Waals surface area (Å²) in [5.74, 6) is 0. The maximum absolute atomic E-state index is 11.4. The van der Waals surface area contributed by atoms with Gasteiger partial charge in [-0.25, -0.2) is 0 Å². The molecule has 0 spiro atoms. The highest BCUT2D eigenvalue weighted by Crippen LogP contribution is 2.20. The quantitative estimate of drug-likeness (QED) is 0.879. The molecule has 3 nitrogen and oxygen atoms in total. The maximum atomic E-state index is 11.4.